The Labute approximate surface area is 51.5 Å². The van der Waals surface area contributed by atoms with Gasteiger partial charge in [-0.2, -0.15) is 0 Å². The van der Waals surface area contributed by atoms with Gasteiger partial charge in [-0.15, -0.1) is 0 Å². The van der Waals surface area contributed by atoms with Crippen molar-refractivity contribution in [3.8, 4) is 0 Å². The van der Waals surface area contributed by atoms with E-state index in [-0.39, 0.29) is 23.1 Å². The molecule has 0 aliphatic carbocycles. The second-order valence-corrected chi connectivity index (χ2v) is 1.22. The minimum Gasteiger partial charge on any atom is -0.759 e. The number of hydrogen-bond acceptors (Lipinski definition) is 4. The molecule has 32 valence electrons. The maximum atomic E-state index is 8.52. The molecule has 0 N–H and O–H groups in total. The molecule has 0 atom stereocenters. The Bertz CT molecular complexity index is 94.9. The van der Waals surface area contributed by atoms with Crippen molar-refractivity contribution in [3.63, 3.8) is 0 Å². The molecule has 0 saturated heterocycles. The Balaban J connectivity index is -0.0000000800. The molecule has 0 heterocycles. The number of hydrogen-bond donors (Lipinski definition) is 0. The van der Waals surface area contributed by atoms with Gasteiger partial charge in [-0.3, -0.25) is 8.42 Å². The Morgan fingerprint density at radius 1 is 1.33 bits per heavy atom. The molecule has 6 heteroatoms. The van der Waals surface area contributed by atoms with Crippen molar-refractivity contribution < 1.29 is 40.7 Å². The van der Waals surface area contributed by atoms with Crippen LogP contribution in [0.25, 0.3) is 0 Å². The van der Waals surface area contributed by atoms with Gasteiger partial charge in [0, 0.05) is 10.4 Å². The van der Waals surface area contributed by atoms with E-state index in [1.807, 2.05) is 0 Å². The summed E-state index contributed by atoms with van der Waals surface area (Å²) in [6, 6.07) is 0. The van der Waals surface area contributed by atoms with Gasteiger partial charge in [0.15, 0.2) is 0 Å². The van der Waals surface area contributed by atoms with E-state index >= 15 is 0 Å². The summed E-state index contributed by atoms with van der Waals surface area (Å²) in [7, 11) is -5.17. The zero-order chi connectivity index (χ0) is 4.50. The summed E-state index contributed by atoms with van der Waals surface area (Å²) in [5.74, 6) is 0. The summed E-state index contributed by atoms with van der Waals surface area (Å²) in [5.41, 5.74) is 0. The molecule has 4 nitrogen and oxygen atoms in total. The first-order valence-electron chi connectivity index (χ1n) is 0.667. The predicted octanol–water partition coefficient (Wildman–Crippen LogP) is -1.23. The summed E-state index contributed by atoms with van der Waals surface area (Å²) >= 11 is 0. The van der Waals surface area contributed by atoms with Crippen molar-refractivity contribution >= 4 is 10.4 Å². The standard InChI is InChI=1S/H2O4S.Ti/c1-5(2,3)4;/h(H2,1,2,3,4);/q;+4/p-1. The molecule has 0 rings (SSSR count). The van der Waals surface area contributed by atoms with Gasteiger partial charge < -0.3 is 9.11 Å². The normalized spacial score (nSPS) is 9.67. The molecule has 0 aromatic rings. The topological polar surface area (TPSA) is 80.3 Å². The summed E-state index contributed by atoms with van der Waals surface area (Å²) < 4.78 is 34.1. The Morgan fingerprint density at radius 3 is 1.33 bits per heavy atom. The molecule has 0 fully saturated rings. The predicted molar refractivity (Wildman–Crippen MR) is 11.6 cm³/mol. The average molecular weight is 145 g/mol. The van der Waals surface area contributed by atoms with E-state index in [0.29, 0.717) is 0 Å². The third-order valence-corrected chi connectivity index (χ3v) is 0. The van der Waals surface area contributed by atoms with Gasteiger partial charge in [-0.05, 0) is 0 Å². The maximum absolute atomic E-state index is 8.52. The SMILES string of the molecule is O=S(=O)([O-])[O-].[H+].[Ti+4]. The molecular weight excluding hydrogens is 144 g/mol. The summed E-state index contributed by atoms with van der Waals surface area (Å²) in [5, 5.41) is 0. The molecule has 0 unspecified atom stereocenters. The quantitative estimate of drug-likeness (QED) is 0.243. The van der Waals surface area contributed by atoms with E-state index in [9.17, 15) is 0 Å². The van der Waals surface area contributed by atoms with E-state index in [1.54, 1.807) is 0 Å². The molecular formula is HO4STi+3. The van der Waals surface area contributed by atoms with Crippen LogP contribution in [-0.2, 0) is 32.1 Å². The van der Waals surface area contributed by atoms with Gasteiger partial charge in [-0.25, -0.2) is 0 Å². The van der Waals surface area contributed by atoms with Gasteiger partial charge >= 0.3 is 23.1 Å². The number of rotatable bonds is 0. The molecule has 6 heavy (non-hydrogen) atoms. The van der Waals surface area contributed by atoms with Gasteiger partial charge in [0.25, 0.3) is 0 Å². The van der Waals surface area contributed by atoms with Crippen LogP contribution < -0.4 is 0 Å². The van der Waals surface area contributed by atoms with Crippen molar-refractivity contribution in [2.45, 2.75) is 0 Å². The Morgan fingerprint density at radius 2 is 1.33 bits per heavy atom. The molecule has 0 aliphatic heterocycles. The Kier molecular flexibility index (Phi) is 4.41. The molecule has 0 aliphatic rings. The third kappa shape index (κ3) is 173. The summed E-state index contributed by atoms with van der Waals surface area (Å²) in [6.07, 6.45) is 0. The minimum atomic E-state index is -5.17. The van der Waals surface area contributed by atoms with E-state index in [4.69, 9.17) is 17.5 Å². The molecule has 0 saturated carbocycles. The average Bonchev–Trinajstić information content (AvgIpc) is 0.722. The van der Waals surface area contributed by atoms with Crippen LogP contribution in [0.4, 0.5) is 0 Å². The van der Waals surface area contributed by atoms with Crippen LogP contribution in [0.15, 0.2) is 0 Å². The fourth-order valence-electron chi connectivity index (χ4n) is 0. The second-order valence-electron chi connectivity index (χ2n) is 0.408. The van der Waals surface area contributed by atoms with Gasteiger partial charge in [-0.1, -0.05) is 0 Å². The van der Waals surface area contributed by atoms with E-state index < -0.39 is 10.4 Å². The van der Waals surface area contributed by atoms with Crippen LogP contribution in [-0.4, -0.2) is 17.5 Å². The van der Waals surface area contributed by atoms with Crippen molar-refractivity contribution in [2.75, 3.05) is 0 Å². The maximum Gasteiger partial charge on any atom is 4.00 e. The third-order valence-electron chi connectivity index (χ3n) is 0. The van der Waals surface area contributed by atoms with Crippen molar-refractivity contribution in [2.24, 2.45) is 0 Å². The van der Waals surface area contributed by atoms with Crippen molar-refractivity contribution in [1.29, 1.82) is 0 Å². The van der Waals surface area contributed by atoms with Crippen LogP contribution in [0.2, 0.25) is 0 Å². The van der Waals surface area contributed by atoms with Crippen LogP contribution in [0.1, 0.15) is 1.43 Å². The molecule has 0 amide bonds. The monoisotopic (exact) mass is 145 g/mol. The van der Waals surface area contributed by atoms with E-state index in [1.165, 1.54) is 0 Å². The first kappa shape index (κ1) is 9.77. The van der Waals surface area contributed by atoms with Crippen LogP contribution in [0.3, 0.4) is 0 Å². The van der Waals surface area contributed by atoms with Gasteiger partial charge in [0.05, 0.1) is 0 Å². The zero-order valence-corrected chi connectivity index (χ0v) is 4.92. The second kappa shape index (κ2) is 2.71. The van der Waals surface area contributed by atoms with Crippen LogP contribution >= 0.6 is 0 Å². The van der Waals surface area contributed by atoms with Crippen molar-refractivity contribution in [3.05, 3.63) is 0 Å². The first-order chi connectivity index (χ1) is 2.00. The minimum absolute atomic E-state index is 0. The fourth-order valence-corrected chi connectivity index (χ4v) is 0. The largest absolute Gasteiger partial charge is 4.00 e. The molecule has 0 spiro atoms. The van der Waals surface area contributed by atoms with Gasteiger partial charge in [0.1, 0.15) is 0 Å². The van der Waals surface area contributed by atoms with E-state index in [2.05, 4.69) is 0 Å². The summed E-state index contributed by atoms with van der Waals surface area (Å²) in [4.78, 5) is 0. The molecule has 0 aromatic carbocycles. The molecule has 0 bridgehead atoms. The molecule has 0 radical (unpaired) electrons. The molecule has 0 aromatic heterocycles. The van der Waals surface area contributed by atoms with Crippen LogP contribution in [0.5, 0.6) is 0 Å². The smallest absolute Gasteiger partial charge is 0.759 e. The van der Waals surface area contributed by atoms with E-state index in [0.717, 1.165) is 0 Å². The fraction of sp³-hybridized carbons (Fsp3) is 0. The Hall–Kier alpha value is 0.584. The van der Waals surface area contributed by atoms with Crippen molar-refractivity contribution in [1.82, 2.24) is 0 Å². The summed E-state index contributed by atoms with van der Waals surface area (Å²) in [6.45, 7) is 0. The first-order valence-corrected chi connectivity index (χ1v) is 2.00. The van der Waals surface area contributed by atoms with Crippen LogP contribution in [0, 0.1) is 0 Å². The zero-order valence-electron chi connectivity index (χ0n) is 3.54. The van der Waals surface area contributed by atoms with Gasteiger partial charge in [0.2, 0.25) is 0 Å².